The summed E-state index contributed by atoms with van der Waals surface area (Å²) in [6, 6.07) is 11.2. The number of rotatable bonds is 8. The summed E-state index contributed by atoms with van der Waals surface area (Å²) in [6.07, 6.45) is 3.76. The third-order valence-corrected chi connectivity index (χ3v) is 6.61. The fourth-order valence-corrected chi connectivity index (χ4v) is 4.26. The molecule has 0 unspecified atom stereocenters. The van der Waals surface area contributed by atoms with Gasteiger partial charge in [-0.25, -0.2) is 0 Å². The molecule has 0 fully saturated rings. The Labute approximate surface area is 197 Å². The molecule has 0 aromatic heterocycles. The van der Waals surface area contributed by atoms with Gasteiger partial charge in [0.1, 0.15) is 0 Å². The van der Waals surface area contributed by atoms with Gasteiger partial charge in [0, 0.05) is 28.7 Å². The van der Waals surface area contributed by atoms with Gasteiger partial charge in [-0.3, -0.25) is 14.4 Å². The Kier molecular flexibility index (Phi) is 7.26. The van der Waals surface area contributed by atoms with Gasteiger partial charge in [-0.15, -0.1) is 0 Å². The number of hydrogen-bond acceptors (Lipinski definition) is 4. The Morgan fingerprint density at radius 2 is 1.33 bits per heavy atom. The summed E-state index contributed by atoms with van der Waals surface area (Å²) in [7, 11) is 0. The average Bonchev–Trinajstić information content (AvgIpc) is 2.76. The van der Waals surface area contributed by atoms with E-state index in [1.807, 2.05) is 24.3 Å². The second-order valence-corrected chi connectivity index (χ2v) is 10.7. The molecular formula is C29H36O4. The van der Waals surface area contributed by atoms with E-state index in [2.05, 4.69) is 41.5 Å². The van der Waals surface area contributed by atoms with Crippen LogP contribution in [-0.4, -0.2) is 24.1 Å². The first-order valence-corrected chi connectivity index (χ1v) is 12.0. The molecule has 0 N–H and O–H groups in total. The molecule has 0 amide bonds. The lowest BCUT2D eigenvalue weighted by Crippen LogP contribution is -2.25. The van der Waals surface area contributed by atoms with Crippen molar-refractivity contribution in [3.63, 3.8) is 0 Å². The summed E-state index contributed by atoms with van der Waals surface area (Å²) in [5, 5.41) is 0. The highest BCUT2D eigenvalue weighted by atomic mass is 16.5. The summed E-state index contributed by atoms with van der Waals surface area (Å²) >= 11 is 0. The Hall–Kier alpha value is -2.75. The maximum absolute atomic E-state index is 13.4. The summed E-state index contributed by atoms with van der Waals surface area (Å²) < 4.78 is 5.25. The summed E-state index contributed by atoms with van der Waals surface area (Å²) in [6.45, 7) is 13.1. The van der Waals surface area contributed by atoms with E-state index in [4.69, 9.17) is 4.74 Å². The lowest BCUT2D eigenvalue weighted by atomic mass is 9.75. The molecule has 1 aliphatic rings. The Bertz CT molecular complexity index is 1070. The monoisotopic (exact) mass is 448 g/mol. The molecule has 0 radical (unpaired) electrons. The molecule has 2 aromatic rings. The summed E-state index contributed by atoms with van der Waals surface area (Å²) in [4.78, 5) is 38.5. The molecule has 0 atom stereocenters. The molecular weight excluding hydrogens is 412 g/mol. The van der Waals surface area contributed by atoms with E-state index in [0.717, 1.165) is 30.4 Å². The number of unbranched alkanes of at least 4 members (excludes halogenated alkanes) is 1. The van der Waals surface area contributed by atoms with Crippen molar-refractivity contribution in [3.05, 3.63) is 69.8 Å². The van der Waals surface area contributed by atoms with Gasteiger partial charge in [0.2, 0.25) is 0 Å². The van der Waals surface area contributed by atoms with E-state index in [1.54, 1.807) is 12.1 Å². The Morgan fingerprint density at radius 1 is 0.788 bits per heavy atom. The molecule has 33 heavy (non-hydrogen) atoms. The van der Waals surface area contributed by atoms with Crippen LogP contribution in [0.2, 0.25) is 0 Å². The van der Waals surface area contributed by atoms with E-state index >= 15 is 0 Å². The zero-order valence-corrected chi connectivity index (χ0v) is 20.8. The number of carbonyl (C=O) groups excluding carboxylic acids is 3. The number of benzene rings is 2. The van der Waals surface area contributed by atoms with Crippen LogP contribution in [0, 0.1) is 0 Å². The number of fused-ring (bicyclic) bond motifs is 2. The summed E-state index contributed by atoms with van der Waals surface area (Å²) in [5.41, 5.74) is 3.60. The molecule has 0 spiro atoms. The third-order valence-electron chi connectivity index (χ3n) is 6.61. The number of ketones is 2. The van der Waals surface area contributed by atoms with Crippen molar-refractivity contribution in [2.75, 3.05) is 6.61 Å². The summed E-state index contributed by atoms with van der Waals surface area (Å²) in [5.74, 6) is -0.348. The van der Waals surface area contributed by atoms with E-state index in [-0.39, 0.29) is 28.4 Å². The van der Waals surface area contributed by atoms with E-state index in [9.17, 15) is 14.4 Å². The lowest BCUT2D eigenvalue weighted by Gasteiger charge is -2.28. The van der Waals surface area contributed by atoms with E-state index in [0.29, 0.717) is 41.7 Å². The number of esters is 1. The SMILES string of the molecule is CCCCOC(=O)CCCC(C)(C)c1ccc2c(c1)C(=O)c1cc(C(C)(C)C)ccc1C2=O. The minimum atomic E-state index is -0.240. The standard InChI is InChI=1S/C29H36O4/c1-7-8-16-33-25(30)10-9-15-29(5,6)20-12-14-22-24(18-20)27(32)23-17-19(28(2,3)4)11-13-21(23)26(22)31/h11-14,17-18H,7-10,15-16H2,1-6H3. The topological polar surface area (TPSA) is 60.4 Å². The van der Waals surface area contributed by atoms with Crippen molar-refractivity contribution in [1.29, 1.82) is 0 Å². The fourth-order valence-electron chi connectivity index (χ4n) is 4.26. The first kappa shape index (κ1) is 24.9. The van der Waals surface area contributed by atoms with Crippen molar-refractivity contribution in [2.24, 2.45) is 0 Å². The second kappa shape index (κ2) is 9.62. The number of carbonyl (C=O) groups is 3. The quantitative estimate of drug-likeness (QED) is 0.289. The Balaban J connectivity index is 1.80. The maximum Gasteiger partial charge on any atom is 0.305 e. The smallest absolute Gasteiger partial charge is 0.305 e. The fraction of sp³-hybridized carbons (Fsp3) is 0.483. The average molecular weight is 449 g/mol. The third kappa shape index (κ3) is 5.43. The minimum absolute atomic E-state index is 0.0946. The Morgan fingerprint density at radius 3 is 1.91 bits per heavy atom. The van der Waals surface area contributed by atoms with Crippen LogP contribution >= 0.6 is 0 Å². The van der Waals surface area contributed by atoms with Gasteiger partial charge in [0.25, 0.3) is 0 Å². The molecule has 2 aromatic carbocycles. The van der Waals surface area contributed by atoms with Crippen LogP contribution < -0.4 is 0 Å². The van der Waals surface area contributed by atoms with E-state index < -0.39 is 0 Å². The van der Waals surface area contributed by atoms with Crippen LogP contribution in [0.5, 0.6) is 0 Å². The van der Waals surface area contributed by atoms with Gasteiger partial charge in [0.05, 0.1) is 6.61 Å². The molecule has 4 heteroatoms. The van der Waals surface area contributed by atoms with Gasteiger partial charge in [-0.2, -0.15) is 0 Å². The van der Waals surface area contributed by atoms with Crippen molar-refractivity contribution in [3.8, 4) is 0 Å². The highest BCUT2D eigenvalue weighted by Crippen LogP contribution is 2.35. The molecule has 0 saturated carbocycles. The zero-order valence-electron chi connectivity index (χ0n) is 20.8. The predicted molar refractivity (Wildman–Crippen MR) is 131 cm³/mol. The molecule has 0 bridgehead atoms. The van der Waals surface area contributed by atoms with Crippen molar-refractivity contribution in [1.82, 2.24) is 0 Å². The van der Waals surface area contributed by atoms with Crippen LogP contribution in [0.1, 0.15) is 117 Å². The van der Waals surface area contributed by atoms with Crippen LogP contribution in [0.3, 0.4) is 0 Å². The van der Waals surface area contributed by atoms with Crippen LogP contribution in [0.15, 0.2) is 36.4 Å². The van der Waals surface area contributed by atoms with Gasteiger partial charge in [-0.1, -0.05) is 60.1 Å². The molecule has 0 aliphatic heterocycles. The van der Waals surface area contributed by atoms with Gasteiger partial charge >= 0.3 is 5.97 Å². The van der Waals surface area contributed by atoms with Gasteiger partial charge in [-0.05, 0) is 65.5 Å². The largest absolute Gasteiger partial charge is 0.466 e. The predicted octanol–water partition coefficient (Wildman–Crippen LogP) is 6.55. The van der Waals surface area contributed by atoms with Crippen LogP contribution in [0.25, 0.3) is 0 Å². The number of ether oxygens (including phenoxy) is 1. The molecule has 3 rings (SSSR count). The maximum atomic E-state index is 13.4. The molecule has 4 nitrogen and oxygen atoms in total. The highest BCUT2D eigenvalue weighted by molar-refractivity contribution is 6.28. The van der Waals surface area contributed by atoms with Gasteiger partial charge in [0.15, 0.2) is 11.6 Å². The number of hydrogen-bond donors (Lipinski definition) is 0. The molecule has 1 aliphatic carbocycles. The highest BCUT2D eigenvalue weighted by Gasteiger charge is 2.32. The van der Waals surface area contributed by atoms with Crippen LogP contribution in [0.4, 0.5) is 0 Å². The molecule has 176 valence electrons. The first-order chi connectivity index (χ1) is 15.5. The van der Waals surface area contributed by atoms with Crippen molar-refractivity contribution < 1.29 is 19.1 Å². The lowest BCUT2D eigenvalue weighted by molar-refractivity contribution is -0.143. The van der Waals surface area contributed by atoms with Crippen molar-refractivity contribution in [2.45, 2.75) is 84.5 Å². The van der Waals surface area contributed by atoms with Crippen molar-refractivity contribution >= 4 is 17.5 Å². The zero-order chi connectivity index (χ0) is 24.4. The molecule has 0 heterocycles. The minimum Gasteiger partial charge on any atom is -0.466 e. The normalized spacial score (nSPS) is 13.5. The molecule has 0 saturated heterocycles. The van der Waals surface area contributed by atoms with E-state index in [1.165, 1.54) is 0 Å². The first-order valence-electron chi connectivity index (χ1n) is 12.0. The second-order valence-electron chi connectivity index (χ2n) is 10.7. The van der Waals surface area contributed by atoms with Gasteiger partial charge < -0.3 is 4.74 Å². The van der Waals surface area contributed by atoms with Crippen LogP contribution in [-0.2, 0) is 20.4 Å².